The average molecular weight is 245 g/mol. The highest BCUT2D eigenvalue weighted by atomic mass is 16.7. The fourth-order valence-corrected chi connectivity index (χ4v) is 2.05. The molecule has 0 spiro atoms. The lowest BCUT2D eigenvalue weighted by molar-refractivity contribution is 0.174. The zero-order valence-electron chi connectivity index (χ0n) is 11.0. The summed E-state index contributed by atoms with van der Waals surface area (Å²) in [5.74, 6) is 1.69. The van der Waals surface area contributed by atoms with Gasteiger partial charge in [-0.1, -0.05) is 12.5 Å². The van der Waals surface area contributed by atoms with Crippen molar-refractivity contribution < 1.29 is 9.47 Å². The van der Waals surface area contributed by atoms with E-state index in [9.17, 15) is 0 Å². The van der Waals surface area contributed by atoms with E-state index in [1.807, 2.05) is 19.9 Å². The minimum absolute atomic E-state index is 0.200. The second kappa shape index (κ2) is 5.30. The van der Waals surface area contributed by atoms with Gasteiger partial charge in [0.25, 0.3) is 0 Å². The summed E-state index contributed by atoms with van der Waals surface area (Å²) in [6.07, 6.45) is 4.16. The Kier molecular flexibility index (Phi) is 3.76. The molecule has 0 N–H and O–H groups in total. The highest BCUT2D eigenvalue weighted by molar-refractivity contribution is 5.44. The van der Waals surface area contributed by atoms with Gasteiger partial charge < -0.3 is 9.47 Å². The van der Waals surface area contributed by atoms with Crippen LogP contribution < -0.4 is 9.47 Å². The molecule has 1 aromatic carbocycles. The quantitative estimate of drug-likeness (QED) is 0.743. The molecule has 1 heterocycles. The van der Waals surface area contributed by atoms with E-state index in [-0.39, 0.29) is 5.41 Å². The molecule has 0 unspecified atom stereocenters. The van der Waals surface area contributed by atoms with Gasteiger partial charge in [0.05, 0.1) is 11.5 Å². The Labute approximate surface area is 108 Å². The van der Waals surface area contributed by atoms with Crippen LogP contribution in [0.1, 0.15) is 38.7 Å². The number of nitriles is 1. The normalized spacial score (nSPS) is 13.4. The number of nitrogens with zero attached hydrogens (tertiary/aromatic N) is 1. The van der Waals surface area contributed by atoms with Crippen LogP contribution in [0.4, 0.5) is 0 Å². The summed E-state index contributed by atoms with van der Waals surface area (Å²) in [7, 11) is 0. The molecule has 0 aromatic heterocycles. The van der Waals surface area contributed by atoms with Crippen molar-refractivity contribution in [2.75, 3.05) is 6.79 Å². The number of unbranched alkanes of at least 4 members (excludes halogenated alkanes) is 1. The zero-order valence-corrected chi connectivity index (χ0v) is 11.0. The van der Waals surface area contributed by atoms with E-state index >= 15 is 0 Å². The van der Waals surface area contributed by atoms with E-state index in [0.29, 0.717) is 6.79 Å². The monoisotopic (exact) mass is 245 g/mol. The molecule has 3 nitrogen and oxygen atoms in total. The summed E-state index contributed by atoms with van der Waals surface area (Å²) < 4.78 is 10.6. The third-order valence-electron chi connectivity index (χ3n) is 3.26. The lowest BCUT2D eigenvalue weighted by Crippen LogP contribution is -2.07. The molecule has 0 saturated carbocycles. The lowest BCUT2D eigenvalue weighted by Gasteiger charge is -2.14. The minimum Gasteiger partial charge on any atom is -0.454 e. The van der Waals surface area contributed by atoms with Crippen molar-refractivity contribution in [3.05, 3.63) is 23.8 Å². The maximum atomic E-state index is 8.94. The summed E-state index contributed by atoms with van der Waals surface area (Å²) in [4.78, 5) is 0. The van der Waals surface area contributed by atoms with Crippen molar-refractivity contribution in [2.24, 2.45) is 5.41 Å². The molecule has 0 bridgehead atoms. The first kappa shape index (κ1) is 12.8. The second-order valence-electron chi connectivity index (χ2n) is 5.39. The van der Waals surface area contributed by atoms with Crippen molar-refractivity contribution in [2.45, 2.75) is 39.5 Å². The smallest absolute Gasteiger partial charge is 0.231 e. The Bertz CT molecular complexity index is 460. The van der Waals surface area contributed by atoms with Crippen molar-refractivity contribution >= 4 is 0 Å². The van der Waals surface area contributed by atoms with E-state index in [0.717, 1.165) is 37.2 Å². The number of hydrogen-bond donors (Lipinski definition) is 0. The van der Waals surface area contributed by atoms with Crippen LogP contribution >= 0.6 is 0 Å². The van der Waals surface area contributed by atoms with Gasteiger partial charge in [-0.15, -0.1) is 0 Å². The average Bonchev–Trinajstić information content (AvgIpc) is 2.82. The van der Waals surface area contributed by atoms with E-state index in [1.54, 1.807) is 0 Å². The first-order valence-corrected chi connectivity index (χ1v) is 6.40. The lowest BCUT2D eigenvalue weighted by atomic mass is 9.88. The molecular formula is C15H19NO2. The molecule has 18 heavy (non-hydrogen) atoms. The summed E-state index contributed by atoms with van der Waals surface area (Å²) >= 11 is 0. The predicted octanol–water partition coefficient (Wildman–Crippen LogP) is 3.68. The molecule has 0 fully saturated rings. The first-order chi connectivity index (χ1) is 8.61. The molecule has 1 aromatic rings. The maximum Gasteiger partial charge on any atom is 0.231 e. The SMILES string of the molecule is CC(C)(C#N)CCCCc1ccc2c(c1)OCO2. The Morgan fingerprint density at radius 1 is 1.22 bits per heavy atom. The van der Waals surface area contributed by atoms with Crippen LogP contribution in [0.25, 0.3) is 0 Å². The molecule has 0 radical (unpaired) electrons. The van der Waals surface area contributed by atoms with Crippen molar-refractivity contribution in [1.82, 2.24) is 0 Å². The first-order valence-electron chi connectivity index (χ1n) is 6.40. The molecule has 0 atom stereocenters. The van der Waals surface area contributed by atoms with Crippen molar-refractivity contribution in [3.8, 4) is 17.6 Å². The van der Waals surface area contributed by atoms with Gasteiger partial charge in [0, 0.05) is 0 Å². The van der Waals surface area contributed by atoms with Gasteiger partial charge in [-0.3, -0.25) is 0 Å². The third-order valence-corrected chi connectivity index (χ3v) is 3.26. The van der Waals surface area contributed by atoms with Crippen molar-refractivity contribution in [1.29, 1.82) is 5.26 Å². The van der Waals surface area contributed by atoms with E-state index < -0.39 is 0 Å². The Balaban J connectivity index is 1.79. The number of fused-ring (bicyclic) bond motifs is 1. The number of benzene rings is 1. The molecule has 96 valence electrons. The van der Waals surface area contributed by atoms with Crippen LogP contribution in [0.5, 0.6) is 11.5 Å². The van der Waals surface area contributed by atoms with Gasteiger partial charge in [-0.25, -0.2) is 0 Å². The Morgan fingerprint density at radius 2 is 2.00 bits per heavy atom. The standard InChI is InChI=1S/C15H19NO2/c1-15(2,10-16)8-4-3-5-12-6-7-13-14(9-12)18-11-17-13/h6-7,9H,3-5,8,11H2,1-2H3. The summed E-state index contributed by atoms with van der Waals surface area (Å²) in [5, 5.41) is 8.94. The molecule has 1 aliphatic heterocycles. The number of ether oxygens (including phenoxy) is 2. The molecule has 0 aliphatic carbocycles. The van der Waals surface area contributed by atoms with Crippen LogP contribution in [0.3, 0.4) is 0 Å². The molecule has 0 saturated heterocycles. The van der Waals surface area contributed by atoms with Crippen LogP contribution in [0.2, 0.25) is 0 Å². The van der Waals surface area contributed by atoms with Crippen LogP contribution in [0, 0.1) is 16.7 Å². The van der Waals surface area contributed by atoms with Gasteiger partial charge in [-0.05, 0) is 50.8 Å². The summed E-state index contributed by atoms with van der Waals surface area (Å²) in [6, 6.07) is 8.45. The molecule has 2 rings (SSSR count). The Hall–Kier alpha value is -1.69. The summed E-state index contributed by atoms with van der Waals surface area (Å²) in [6.45, 7) is 4.32. The molecule has 0 amide bonds. The number of aryl methyl sites for hydroxylation is 1. The van der Waals surface area contributed by atoms with E-state index in [1.165, 1.54) is 5.56 Å². The van der Waals surface area contributed by atoms with E-state index in [2.05, 4.69) is 18.2 Å². The van der Waals surface area contributed by atoms with E-state index in [4.69, 9.17) is 14.7 Å². The molecule has 3 heteroatoms. The van der Waals surface area contributed by atoms with Crippen LogP contribution in [0.15, 0.2) is 18.2 Å². The van der Waals surface area contributed by atoms with Gasteiger partial charge in [0.1, 0.15) is 0 Å². The fraction of sp³-hybridized carbons (Fsp3) is 0.533. The van der Waals surface area contributed by atoms with Crippen molar-refractivity contribution in [3.63, 3.8) is 0 Å². The zero-order chi connectivity index (χ0) is 13.0. The maximum absolute atomic E-state index is 8.94. The Morgan fingerprint density at radius 3 is 2.78 bits per heavy atom. The third kappa shape index (κ3) is 3.16. The van der Waals surface area contributed by atoms with Gasteiger partial charge in [-0.2, -0.15) is 5.26 Å². The predicted molar refractivity (Wildman–Crippen MR) is 69.5 cm³/mol. The van der Waals surface area contributed by atoms with Crippen LogP contribution in [-0.2, 0) is 6.42 Å². The number of hydrogen-bond acceptors (Lipinski definition) is 3. The van der Waals surface area contributed by atoms with Gasteiger partial charge in [0.2, 0.25) is 6.79 Å². The van der Waals surface area contributed by atoms with Gasteiger partial charge in [0.15, 0.2) is 11.5 Å². The highest BCUT2D eigenvalue weighted by Gasteiger charge is 2.16. The van der Waals surface area contributed by atoms with Gasteiger partial charge >= 0.3 is 0 Å². The second-order valence-corrected chi connectivity index (χ2v) is 5.39. The fourth-order valence-electron chi connectivity index (χ4n) is 2.05. The topological polar surface area (TPSA) is 42.2 Å². The number of rotatable bonds is 5. The molecule has 1 aliphatic rings. The van der Waals surface area contributed by atoms with Crippen LogP contribution in [-0.4, -0.2) is 6.79 Å². The largest absolute Gasteiger partial charge is 0.454 e. The highest BCUT2D eigenvalue weighted by Crippen LogP contribution is 2.33. The molecular weight excluding hydrogens is 226 g/mol. The summed E-state index contributed by atoms with van der Waals surface area (Å²) in [5.41, 5.74) is 1.07. The minimum atomic E-state index is -0.200.